The number of carbonyl (C=O) groups excluding carboxylic acids is 1. The third kappa shape index (κ3) is 5.52. The second kappa shape index (κ2) is 10.6. The van der Waals surface area contributed by atoms with E-state index in [4.69, 9.17) is 14.1 Å². The molecule has 4 heteroatoms. The monoisotopic (exact) mass is 425 g/mol. The molecule has 3 aromatic carbocycles. The third-order valence-corrected chi connectivity index (χ3v) is 5.30. The molecule has 4 nitrogen and oxygen atoms in total. The Bertz CT molecular complexity index is 1090. The smallest absolute Gasteiger partial charge is 0.306 e. The summed E-state index contributed by atoms with van der Waals surface area (Å²) in [5.74, 6) is 1.37. The highest BCUT2D eigenvalue weighted by molar-refractivity contribution is 5.76. The lowest BCUT2D eigenvalue weighted by Crippen LogP contribution is -2.05. The van der Waals surface area contributed by atoms with Gasteiger partial charge in [0.15, 0.2) is 11.7 Å². The van der Waals surface area contributed by atoms with Crippen LogP contribution in [0.3, 0.4) is 0 Å². The molecule has 162 valence electrons. The van der Waals surface area contributed by atoms with Gasteiger partial charge < -0.3 is 9.15 Å². The standard InChI is InChI=1S/C28H27NO3/c1-2-31-26(30)19-17-22-11-9-10-21(20-22)16-18-25-29-27(23-12-5-3-6-13-23)28(32-25)24-14-7-4-8-15-24/h3-15,20H,2,16-19H2,1H3. The van der Waals surface area contributed by atoms with Gasteiger partial charge in [-0.1, -0.05) is 84.9 Å². The van der Waals surface area contributed by atoms with Crippen molar-refractivity contribution in [3.05, 3.63) is 102 Å². The molecule has 0 saturated carbocycles. The summed E-state index contributed by atoms with van der Waals surface area (Å²) in [6.45, 7) is 2.25. The second-order valence-electron chi connectivity index (χ2n) is 7.64. The molecule has 1 aromatic heterocycles. The first kappa shape index (κ1) is 21.6. The highest BCUT2D eigenvalue weighted by Gasteiger charge is 2.16. The Kier molecular flexibility index (Phi) is 7.13. The van der Waals surface area contributed by atoms with Crippen molar-refractivity contribution in [2.24, 2.45) is 0 Å². The largest absolute Gasteiger partial charge is 0.466 e. The number of carbonyl (C=O) groups is 1. The molecule has 1 heterocycles. The van der Waals surface area contributed by atoms with Crippen molar-refractivity contribution in [1.29, 1.82) is 0 Å². The second-order valence-corrected chi connectivity index (χ2v) is 7.64. The molecule has 0 fully saturated rings. The molecule has 0 aliphatic carbocycles. The number of benzene rings is 3. The minimum atomic E-state index is -0.153. The van der Waals surface area contributed by atoms with E-state index in [0.717, 1.165) is 40.5 Å². The first-order valence-electron chi connectivity index (χ1n) is 11.1. The average molecular weight is 426 g/mol. The van der Waals surface area contributed by atoms with Gasteiger partial charge in [-0.05, 0) is 30.9 Å². The molecular weight excluding hydrogens is 398 g/mol. The average Bonchev–Trinajstić information content (AvgIpc) is 3.27. The summed E-state index contributed by atoms with van der Waals surface area (Å²) >= 11 is 0. The van der Waals surface area contributed by atoms with Gasteiger partial charge in [0.2, 0.25) is 0 Å². The summed E-state index contributed by atoms with van der Waals surface area (Å²) in [6.07, 6.45) is 2.60. The molecule has 0 radical (unpaired) electrons. The highest BCUT2D eigenvalue weighted by atomic mass is 16.5. The lowest BCUT2D eigenvalue weighted by Gasteiger charge is -2.05. The molecule has 0 bridgehead atoms. The van der Waals surface area contributed by atoms with Crippen LogP contribution < -0.4 is 0 Å². The summed E-state index contributed by atoms with van der Waals surface area (Å²) in [7, 11) is 0. The van der Waals surface area contributed by atoms with Crippen LogP contribution in [0.4, 0.5) is 0 Å². The zero-order chi connectivity index (χ0) is 22.2. The fraction of sp³-hybridized carbons (Fsp3) is 0.214. The van der Waals surface area contributed by atoms with Crippen LogP contribution in [0.15, 0.2) is 89.3 Å². The van der Waals surface area contributed by atoms with Gasteiger partial charge in [-0.15, -0.1) is 0 Å². The zero-order valence-corrected chi connectivity index (χ0v) is 18.3. The van der Waals surface area contributed by atoms with E-state index >= 15 is 0 Å². The van der Waals surface area contributed by atoms with Gasteiger partial charge in [-0.25, -0.2) is 4.98 Å². The maximum atomic E-state index is 11.6. The van der Waals surface area contributed by atoms with Crippen molar-refractivity contribution in [1.82, 2.24) is 4.98 Å². The normalized spacial score (nSPS) is 10.8. The molecule has 0 atom stereocenters. The number of nitrogens with zero attached hydrogens (tertiary/aromatic N) is 1. The Balaban J connectivity index is 1.50. The van der Waals surface area contributed by atoms with Crippen molar-refractivity contribution in [2.45, 2.75) is 32.6 Å². The number of hydrogen-bond donors (Lipinski definition) is 0. The van der Waals surface area contributed by atoms with Crippen molar-refractivity contribution in [3.63, 3.8) is 0 Å². The van der Waals surface area contributed by atoms with E-state index in [1.54, 1.807) is 0 Å². The Morgan fingerprint density at radius 1 is 0.812 bits per heavy atom. The summed E-state index contributed by atoms with van der Waals surface area (Å²) < 4.78 is 11.3. The molecule has 0 N–H and O–H groups in total. The van der Waals surface area contributed by atoms with Gasteiger partial charge in [-0.3, -0.25) is 4.79 Å². The predicted octanol–water partition coefficient (Wildman–Crippen LogP) is 6.29. The van der Waals surface area contributed by atoms with Crippen LogP contribution in [-0.2, 0) is 28.8 Å². The van der Waals surface area contributed by atoms with Gasteiger partial charge in [0, 0.05) is 24.0 Å². The number of esters is 1. The van der Waals surface area contributed by atoms with E-state index < -0.39 is 0 Å². The summed E-state index contributed by atoms with van der Waals surface area (Å²) in [6, 6.07) is 28.6. The Morgan fingerprint density at radius 3 is 2.16 bits per heavy atom. The van der Waals surface area contributed by atoms with Crippen LogP contribution in [0.25, 0.3) is 22.6 Å². The lowest BCUT2D eigenvalue weighted by atomic mass is 10.0. The molecule has 32 heavy (non-hydrogen) atoms. The molecule has 0 aliphatic heterocycles. The van der Waals surface area contributed by atoms with E-state index in [9.17, 15) is 4.79 Å². The maximum absolute atomic E-state index is 11.6. The highest BCUT2D eigenvalue weighted by Crippen LogP contribution is 2.32. The Hall–Kier alpha value is -3.66. The van der Waals surface area contributed by atoms with Crippen molar-refractivity contribution in [2.75, 3.05) is 6.61 Å². The van der Waals surface area contributed by atoms with Gasteiger partial charge in [0.1, 0.15) is 5.69 Å². The molecule has 0 unspecified atom stereocenters. The van der Waals surface area contributed by atoms with E-state index in [1.165, 1.54) is 5.56 Å². The summed E-state index contributed by atoms with van der Waals surface area (Å²) in [5, 5.41) is 0. The van der Waals surface area contributed by atoms with Gasteiger partial charge in [0.05, 0.1) is 6.61 Å². The molecule has 0 aliphatic rings. The fourth-order valence-corrected chi connectivity index (χ4v) is 3.72. The van der Waals surface area contributed by atoms with Crippen molar-refractivity contribution >= 4 is 5.97 Å². The number of aryl methyl sites for hydroxylation is 3. The zero-order valence-electron chi connectivity index (χ0n) is 18.3. The first-order valence-corrected chi connectivity index (χ1v) is 11.1. The van der Waals surface area contributed by atoms with Crippen LogP contribution >= 0.6 is 0 Å². The SMILES string of the molecule is CCOC(=O)CCc1cccc(CCc2nc(-c3ccccc3)c(-c3ccccc3)o2)c1. The van der Waals surface area contributed by atoms with Crippen molar-refractivity contribution < 1.29 is 13.9 Å². The topological polar surface area (TPSA) is 52.3 Å². The lowest BCUT2D eigenvalue weighted by molar-refractivity contribution is -0.143. The van der Waals surface area contributed by atoms with Crippen LogP contribution in [0, 0.1) is 0 Å². The Morgan fingerprint density at radius 2 is 1.47 bits per heavy atom. The predicted molar refractivity (Wildman–Crippen MR) is 126 cm³/mol. The molecule has 4 aromatic rings. The Labute approximate surface area is 188 Å². The molecule has 0 amide bonds. The maximum Gasteiger partial charge on any atom is 0.306 e. The minimum absolute atomic E-state index is 0.153. The van der Waals surface area contributed by atoms with E-state index in [-0.39, 0.29) is 5.97 Å². The van der Waals surface area contributed by atoms with E-state index in [0.29, 0.717) is 25.9 Å². The number of rotatable bonds is 9. The summed E-state index contributed by atoms with van der Waals surface area (Å²) in [5.41, 5.74) is 5.27. The minimum Gasteiger partial charge on any atom is -0.466 e. The quantitative estimate of drug-likeness (QED) is 0.296. The van der Waals surface area contributed by atoms with Crippen molar-refractivity contribution in [3.8, 4) is 22.6 Å². The van der Waals surface area contributed by atoms with E-state index in [1.807, 2.05) is 61.5 Å². The van der Waals surface area contributed by atoms with Crippen LogP contribution in [0.1, 0.15) is 30.4 Å². The number of oxazole rings is 1. The van der Waals surface area contributed by atoms with Gasteiger partial charge in [0.25, 0.3) is 0 Å². The molecular formula is C28H27NO3. The molecule has 4 rings (SSSR count). The third-order valence-electron chi connectivity index (χ3n) is 5.30. The van der Waals surface area contributed by atoms with Crippen LogP contribution in [-0.4, -0.2) is 17.6 Å². The first-order chi connectivity index (χ1) is 15.7. The molecule has 0 spiro atoms. The van der Waals surface area contributed by atoms with Gasteiger partial charge in [-0.2, -0.15) is 0 Å². The molecule has 0 saturated heterocycles. The number of hydrogen-bond acceptors (Lipinski definition) is 4. The van der Waals surface area contributed by atoms with Gasteiger partial charge >= 0.3 is 5.97 Å². The number of ether oxygens (including phenoxy) is 1. The fourth-order valence-electron chi connectivity index (χ4n) is 3.72. The number of aromatic nitrogens is 1. The van der Waals surface area contributed by atoms with E-state index in [2.05, 4.69) is 30.3 Å². The van der Waals surface area contributed by atoms with Crippen LogP contribution in [0.2, 0.25) is 0 Å². The summed E-state index contributed by atoms with van der Waals surface area (Å²) in [4.78, 5) is 16.5. The van der Waals surface area contributed by atoms with Crippen LogP contribution in [0.5, 0.6) is 0 Å².